The van der Waals surface area contributed by atoms with E-state index >= 15 is 0 Å². The third-order valence-corrected chi connectivity index (χ3v) is 4.90. The molecule has 0 saturated carbocycles. The molecular weight excluding hydrogens is 352 g/mol. The smallest absolute Gasteiger partial charge is 0.245 e. The Labute approximate surface area is 154 Å². The fourth-order valence-electron chi connectivity index (χ4n) is 2.60. The fourth-order valence-corrected chi connectivity index (χ4v) is 3.46. The molecule has 0 bridgehead atoms. The van der Waals surface area contributed by atoms with E-state index < -0.39 is 15.9 Å². The highest BCUT2D eigenvalue weighted by molar-refractivity contribution is 7.92. The topological polar surface area (TPSA) is 75.7 Å². The molecule has 1 N–H and O–H groups in total. The number of carbonyl (C=O) groups is 1. The van der Waals surface area contributed by atoms with Gasteiger partial charge in [-0.15, -0.1) is 0 Å². The lowest BCUT2D eigenvalue weighted by Gasteiger charge is -2.24. The van der Waals surface area contributed by atoms with E-state index in [0.717, 1.165) is 21.7 Å². The van der Waals surface area contributed by atoms with E-state index in [-0.39, 0.29) is 6.54 Å². The third-order valence-electron chi connectivity index (χ3n) is 3.78. The molecule has 0 aliphatic rings. The first-order valence-electron chi connectivity index (χ1n) is 8.29. The van der Waals surface area contributed by atoms with Gasteiger partial charge in [-0.25, -0.2) is 8.42 Å². The Balaban J connectivity index is 2.28. The van der Waals surface area contributed by atoms with Crippen molar-refractivity contribution in [2.75, 3.05) is 29.0 Å². The maximum absolute atomic E-state index is 12.5. The molecule has 0 heterocycles. The number of hydrogen-bond acceptors (Lipinski definition) is 4. The maximum Gasteiger partial charge on any atom is 0.245 e. The van der Waals surface area contributed by atoms with Gasteiger partial charge in [0.1, 0.15) is 12.3 Å². The predicted octanol–water partition coefficient (Wildman–Crippen LogP) is 3.11. The lowest BCUT2D eigenvalue weighted by atomic mass is 10.1. The fraction of sp³-hybridized carbons (Fsp3) is 0.316. The summed E-state index contributed by atoms with van der Waals surface area (Å²) in [5.41, 5.74) is 3.00. The Hall–Kier alpha value is -2.54. The first kappa shape index (κ1) is 19.8. The minimum Gasteiger partial charge on any atom is -0.492 e. The standard InChI is InChI=1S/C19H24N2O4S/c1-5-25-18-9-7-6-8-17(18)21(26(4,23)24)13-19(22)20-16-11-10-14(2)12-15(16)3/h6-12H,5,13H2,1-4H3,(H,20,22). The number of sulfonamides is 1. The van der Waals surface area contributed by atoms with Gasteiger partial charge in [0.2, 0.25) is 15.9 Å². The van der Waals surface area contributed by atoms with E-state index in [1.54, 1.807) is 24.3 Å². The molecule has 7 heteroatoms. The molecule has 2 aromatic rings. The number of benzene rings is 2. The van der Waals surface area contributed by atoms with Crippen molar-refractivity contribution in [1.29, 1.82) is 0 Å². The van der Waals surface area contributed by atoms with Crippen LogP contribution < -0.4 is 14.4 Å². The molecule has 0 spiro atoms. The van der Waals surface area contributed by atoms with E-state index in [4.69, 9.17) is 4.74 Å². The second kappa shape index (κ2) is 8.23. The van der Waals surface area contributed by atoms with Crippen molar-refractivity contribution < 1.29 is 17.9 Å². The summed E-state index contributed by atoms with van der Waals surface area (Å²) in [5, 5.41) is 2.78. The van der Waals surface area contributed by atoms with Gasteiger partial charge in [-0.2, -0.15) is 0 Å². The molecular formula is C19H24N2O4S. The Morgan fingerprint density at radius 2 is 1.85 bits per heavy atom. The second-order valence-electron chi connectivity index (χ2n) is 6.04. The van der Waals surface area contributed by atoms with E-state index in [1.165, 1.54) is 0 Å². The van der Waals surface area contributed by atoms with E-state index in [2.05, 4.69) is 5.32 Å². The summed E-state index contributed by atoms with van der Waals surface area (Å²) in [5.74, 6) is -0.00609. The van der Waals surface area contributed by atoms with Crippen LogP contribution in [0.15, 0.2) is 42.5 Å². The molecule has 0 saturated heterocycles. The molecule has 0 atom stereocenters. The minimum atomic E-state index is -3.67. The van der Waals surface area contributed by atoms with Crippen molar-refractivity contribution in [1.82, 2.24) is 0 Å². The quantitative estimate of drug-likeness (QED) is 0.806. The average molecular weight is 376 g/mol. The molecule has 1 amide bonds. The van der Waals surface area contributed by atoms with Crippen LogP contribution in [0.5, 0.6) is 5.75 Å². The summed E-state index contributed by atoms with van der Waals surface area (Å²) in [6.45, 7) is 5.73. The SMILES string of the molecule is CCOc1ccccc1N(CC(=O)Nc1ccc(C)cc1C)S(C)(=O)=O. The zero-order valence-corrected chi connectivity index (χ0v) is 16.3. The van der Waals surface area contributed by atoms with Gasteiger partial charge >= 0.3 is 0 Å². The summed E-state index contributed by atoms with van der Waals surface area (Å²) < 4.78 is 31.1. The maximum atomic E-state index is 12.5. The molecule has 0 aliphatic carbocycles. The van der Waals surface area contributed by atoms with Gasteiger partial charge in [-0.3, -0.25) is 9.10 Å². The number of aryl methyl sites for hydroxylation is 2. The zero-order valence-electron chi connectivity index (χ0n) is 15.4. The van der Waals surface area contributed by atoms with Gasteiger partial charge in [-0.05, 0) is 44.5 Å². The Bertz CT molecular complexity index is 894. The van der Waals surface area contributed by atoms with Crippen molar-refractivity contribution in [3.05, 3.63) is 53.6 Å². The van der Waals surface area contributed by atoms with Crippen molar-refractivity contribution >= 4 is 27.3 Å². The van der Waals surface area contributed by atoms with Crippen molar-refractivity contribution in [2.24, 2.45) is 0 Å². The Kier molecular flexibility index (Phi) is 6.26. The largest absolute Gasteiger partial charge is 0.492 e. The molecule has 26 heavy (non-hydrogen) atoms. The number of anilines is 2. The third kappa shape index (κ3) is 4.98. The Morgan fingerprint density at radius 1 is 1.15 bits per heavy atom. The van der Waals surface area contributed by atoms with Crippen LogP contribution in [-0.2, 0) is 14.8 Å². The van der Waals surface area contributed by atoms with Crippen molar-refractivity contribution in [2.45, 2.75) is 20.8 Å². The molecule has 0 aliphatic heterocycles. The molecule has 6 nitrogen and oxygen atoms in total. The summed E-state index contributed by atoms with van der Waals surface area (Å²) in [4.78, 5) is 12.5. The van der Waals surface area contributed by atoms with E-state index in [1.807, 2.05) is 39.0 Å². The number of carbonyl (C=O) groups excluding carboxylic acids is 1. The van der Waals surface area contributed by atoms with Crippen LogP contribution >= 0.6 is 0 Å². The van der Waals surface area contributed by atoms with Crippen LogP contribution in [0.1, 0.15) is 18.1 Å². The van der Waals surface area contributed by atoms with Gasteiger partial charge in [0, 0.05) is 5.69 Å². The van der Waals surface area contributed by atoms with Crippen LogP contribution in [0.3, 0.4) is 0 Å². The number of nitrogens with one attached hydrogen (secondary N) is 1. The highest BCUT2D eigenvalue weighted by Crippen LogP contribution is 2.29. The Morgan fingerprint density at radius 3 is 2.46 bits per heavy atom. The van der Waals surface area contributed by atoms with Crippen LogP contribution in [0.2, 0.25) is 0 Å². The lowest BCUT2D eigenvalue weighted by molar-refractivity contribution is -0.114. The summed E-state index contributed by atoms with van der Waals surface area (Å²) >= 11 is 0. The molecule has 2 rings (SSSR count). The molecule has 0 unspecified atom stereocenters. The first-order valence-corrected chi connectivity index (χ1v) is 10.1. The highest BCUT2D eigenvalue weighted by atomic mass is 32.2. The van der Waals surface area contributed by atoms with Crippen LogP contribution in [0, 0.1) is 13.8 Å². The lowest BCUT2D eigenvalue weighted by Crippen LogP contribution is -2.37. The molecule has 140 valence electrons. The van der Waals surface area contributed by atoms with Gasteiger partial charge in [0.05, 0.1) is 18.6 Å². The predicted molar refractivity (Wildman–Crippen MR) is 104 cm³/mol. The van der Waals surface area contributed by atoms with Crippen molar-refractivity contribution in [3.8, 4) is 5.75 Å². The number of hydrogen-bond donors (Lipinski definition) is 1. The van der Waals surface area contributed by atoms with Crippen LogP contribution in [0.25, 0.3) is 0 Å². The summed E-state index contributed by atoms with van der Waals surface area (Å²) in [6.07, 6.45) is 1.07. The number of amides is 1. The number of nitrogens with zero attached hydrogens (tertiary/aromatic N) is 1. The molecule has 0 radical (unpaired) electrons. The highest BCUT2D eigenvalue weighted by Gasteiger charge is 2.24. The summed E-state index contributed by atoms with van der Waals surface area (Å²) in [6, 6.07) is 12.4. The van der Waals surface area contributed by atoms with Crippen molar-refractivity contribution in [3.63, 3.8) is 0 Å². The number of rotatable bonds is 7. The van der Waals surface area contributed by atoms with Crippen LogP contribution in [-0.4, -0.2) is 33.7 Å². The molecule has 0 aromatic heterocycles. The zero-order chi connectivity index (χ0) is 19.3. The van der Waals surface area contributed by atoms with Gasteiger partial charge < -0.3 is 10.1 Å². The van der Waals surface area contributed by atoms with E-state index in [0.29, 0.717) is 23.7 Å². The van der Waals surface area contributed by atoms with Gasteiger partial charge in [-0.1, -0.05) is 29.8 Å². The average Bonchev–Trinajstić information content (AvgIpc) is 2.55. The second-order valence-corrected chi connectivity index (χ2v) is 7.94. The van der Waals surface area contributed by atoms with E-state index in [9.17, 15) is 13.2 Å². The van der Waals surface area contributed by atoms with Crippen LogP contribution in [0.4, 0.5) is 11.4 Å². The number of para-hydroxylation sites is 2. The minimum absolute atomic E-state index is 0.337. The summed E-state index contributed by atoms with van der Waals surface area (Å²) in [7, 11) is -3.67. The number of ether oxygens (including phenoxy) is 1. The molecule has 2 aromatic carbocycles. The monoisotopic (exact) mass is 376 g/mol. The molecule has 0 fully saturated rings. The normalized spacial score (nSPS) is 11.1. The van der Waals surface area contributed by atoms with Gasteiger partial charge in [0.15, 0.2) is 0 Å². The first-order chi connectivity index (χ1) is 12.2. The van der Waals surface area contributed by atoms with Gasteiger partial charge in [0.25, 0.3) is 0 Å².